The molecule has 168 valence electrons. The fourth-order valence-corrected chi connectivity index (χ4v) is 4.90. The number of rotatable bonds is 9. The van der Waals surface area contributed by atoms with E-state index in [0.29, 0.717) is 24.3 Å². The number of sulfonamides is 1. The van der Waals surface area contributed by atoms with Crippen LogP contribution in [0, 0.1) is 12.7 Å². The van der Waals surface area contributed by atoms with Crippen LogP contribution >= 0.6 is 11.6 Å². The lowest BCUT2D eigenvalue weighted by Gasteiger charge is -2.20. The van der Waals surface area contributed by atoms with Gasteiger partial charge >= 0.3 is 0 Å². The normalized spacial score (nSPS) is 11.4. The molecule has 7 nitrogen and oxygen atoms in total. The van der Waals surface area contributed by atoms with E-state index >= 15 is 0 Å². The molecular weight excluding hydrogens is 445 g/mol. The van der Waals surface area contributed by atoms with Crippen LogP contribution in [0.3, 0.4) is 0 Å². The number of amides is 2. The lowest BCUT2D eigenvalue weighted by molar-refractivity contribution is -0.116. The van der Waals surface area contributed by atoms with Crippen molar-refractivity contribution >= 4 is 39.1 Å². The van der Waals surface area contributed by atoms with Crippen molar-refractivity contribution < 1.29 is 22.4 Å². The molecule has 2 amide bonds. The van der Waals surface area contributed by atoms with E-state index in [0.717, 1.165) is 12.1 Å². The molecule has 2 aromatic rings. The Kier molecular flexibility index (Phi) is 8.55. The lowest BCUT2D eigenvalue weighted by atomic mass is 10.2. The summed E-state index contributed by atoms with van der Waals surface area (Å²) in [6, 6.07) is 8.09. The molecule has 0 saturated carbocycles. The average molecular weight is 470 g/mol. The van der Waals surface area contributed by atoms with E-state index in [1.807, 2.05) is 0 Å². The number of nitrogens with one attached hydrogen (secondary N) is 2. The zero-order valence-electron chi connectivity index (χ0n) is 17.5. The summed E-state index contributed by atoms with van der Waals surface area (Å²) in [5.41, 5.74) is 1.02. The van der Waals surface area contributed by atoms with Crippen molar-refractivity contribution in [3.63, 3.8) is 0 Å². The molecule has 0 fully saturated rings. The minimum atomic E-state index is -3.67. The van der Waals surface area contributed by atoms with E-state index in [2.05, 4.69) is 10.6 Å². The standard InChI is InChI=1S/C21H25ClFN3O4S/c1-4-26(5-2)31(29,30)19-13-16(8-6-14(19)3)25-20(27)10-11-24-21(28)17-9-7-15(23)12-18(17)22/h6-9,12-13H,4-5,10-11H2,1-3H3,(H,24,28)(H,25,27). The molecule has 0 bridgehead atoms. The van der Waals surface area contributed by atoms with Gasteiger partial charge < -0.3 is 10.6 Å². The first-order chi connectivity index (χ1) is 14.6. The zero-order chi connectivity index (χ0) is 23.2. The van der Waals surface area contributed by atoms with Gasteiger partial charge in [-0.25, -0.2) is 12.8 Å². The van der Waals surface area contributed by atoms with Crippen molar-refractivity contribution in [3.8, 4) is 0 Å². The Balaban J connectivity index is 2.00. The number of nitrogens with zero attached hydrogens (tertiary/aromatic N) is 1. The largest absolute Gasteiger partial charge is 0.351 e. The van der Waals surface area contributed by atoms with Gasteiger partial charge in [0.25, 0.3) is 5.91 Å². The van der Waals surface area contributed by atoms with Crippen LogP contribution in [0.5, 0.6) is 0 Å². The van der Waals surface area contributed by atoms with Gasteiger partial charge in [-0.3, -0.25) is 9.59 Å². The van der Waals surface area contributed by atoms with E-state index in [9.17, 15) is 22.4 Å². The third-order valence-corrected chi connectivity index (χ3v) is 7.11. The van der Waals surface area contributed by atoms with Gasteiger partial charge in [-0.15, -0.1) is 0 Å². The number of carbonyl (C=O) groups is 2. The highest BCUT2D eigenvalue weighted by Crippen LogP contribution is 2.24. The van der Waals surface area contributed by atoms with Crippen LogP contribution in [0.1, 0.15) is 36.2 Å². The Morgan fingerprint density at radius 2 is 1.77 bits per heavy atom. The van der Waals surface area contributed by atoms with Crippen molar-refractivity contribution in [3.05, 3.63) is 58.4 Å². The molecule has 0 aromatic heterocycles. The van der Waals surface area contributed by atoms with Crippen molar-refractivity contribution in [1.82, 2.24) is 9.62 Å². The molecule has 0 saturated heterocycles. The fourth-order valence-electron chi connectivity index (χ4n) is 2.94. The van der Waals surface area contributed by atoms with E-state index in [-0.39, 0.29) is 28.4 Å². The molecule has 0 aliphatic rings. The predicted molar refractivity (Wildman–Crippen MR) is 118 cm³/mol. The van der Waals surface area contributed by atoms with Gasteiger partial charge in [-0.05, 0) is 42.8 Å². The van der Waals surface area contributed by atoms with Gasteiger partial charge in [0, 0.05) is 31.7 Å². The average Bonchev–Trinajstić information content (AvgIpc) is 2.69. The van der Waals surface area contributed by atoms with E-state index in [1.165, 1.54) is 16.4 Å². The molecule has 0 aliphatic carbocycles. The summed E-state index contributed by atoms with van der Waals surface area (Å²) in [6.45, 7) is 5.91. The van der Waals surface area contributed by atoms with Gasteiger partial charge in [0.1, 0.15) is 5.82 Å². The maximum atomic E-state index is 13.1. The smallest absolute Gasteiger partial charge is 0.252 e. The third-order valence-electron chi connectivity index (χ3n) is 4.61. The van der Waals surface area contributed by atoms with Crippen molar-refractivity contribution in [2.75, 3.05) is 25.0 Å². The Labute approximate surface area is 186 Å². The number of anilines is 1. The summed E-state index contributed by atoms with van der Waals surface area (Å²) >= 11 is 5.85. The molecule has 0 spiro atoms. The minimum Gasteiger partial charge on any atom is -0.351 e. The van der Waals surface area contributed by atoms with Crippen LogP contribution in [0.4, 0.5) is 10.1 Å². The molecule has 0 aliphatic heterocycles. The summed E-state index contributed by atoms with van der Waals surface area (Å²) in [5, 5.41) is 5.16. The highest BCUT2D eigenvalue weighted by molar-refractivity contribution is 7.89. The van der Waals surface area contributed by atoms with Crippen LogP contribution in [-0.4, -0.2) is 44.2 Å². The first-order valence-electron chi connectivity index (χ1n) is 9.74. The molecule has 0 radical (unpaired) electrons. The highest BCUT2D eigenvalue weighted by atomic mass is 35.5. The first kappa shape index (κ1) is 24.8. The number of benzene rings is 2. The molecule has 2 N–H and O–H groups in total. The summed E-state index contributed by atoms with van der Waals surface area (Å²) in [4.78, 5) is 24.5. The van der Waals surface area contributed by atoms with E-state index in [1.54, 1.807) is 32.9 Å². The van der Waals surface area contributed by atoms with Crippen molar-refractivity contribution in [1.29, 1.82) is 0 Å². The summed E-state index contributed by atoms with van der Waals surface area (Å²) in [5.74, 6) is -1.48. The number of carbonyl (C=O) groups excluding carboxylic acids is 2. The van der Waals surface area contributed by atoms with Gasteiger partial charge in [-0.2, -0.15) is 4.31 Å². The quantitative estimate of drug-likeness (QED) is 0.586. The van der Waals surface area contributed by atoms with Crippen molar-refractivity contribution in [2.45, 2.75) is 32.1 Å². The molecule has 2 rings (SSSR count). The van der Waals surface area contributed by atoms with Crippen molar-refractivity contribution in [2.24, 2.45) is 0 Å². The second-order valence-corrected chi connectivity index (χ2v) is 9.06. The van der Waals surface area contributed by atoms with Crippen LogP contribution in [0.2, 0.25) is 5.02 Å². The molecule has 2 aromatic carbocycles. The summed E-state index contributed by atoms with van der Waals surface area (Å²) < 4.78 is 40.1. The molecular formula is C21H25ClFN3O4S. The molecule has 0 atom stereocenters. The third kappa shape index (κ3) is 6.25. The Morgan fingerprint density at radius 1 is 1.10 bits per heavy atom. The Morgan fingerprint density at radius 3 is 2.39 bits per heavy atom. The second kappa shape index (κ2) is 10.7. The zero-order valence-corrected chi connectivity index (χ0v) is 19.1. The van der Waals surface area contributed by atoms with Crippen LogP contribution in [0.25, 0.3) is 0 Å². The van der Waals surface area contributed by atoms with Crippen LogP contribution in [0.15, 0.2) is 41.3 Å². The Hall–Kier alpha value is -2.49. The van der Waals surface area contributed by atoms with Gasteiger partial charge in [0.2, 0.25) is 15.9 Å². The SMILES string of the molecule is CCN(CC)S(=O)(=O)c1cc(NC(=O)CCNC(=O)c2ccc(F)cc2Cl)ccc1C. The van der Waals surface area contributed by atoms with Crippen LogP contribution < -0.4 is 10.6 Å². The lowest BCUT2D eigenvalue weighted by Crippen LogP contribution is -2.31. The number of halogens is 2. The number of hydrogen-bond acceptors (Lipinski definition) is 4. The molecule has 0 heterocycles. The maximum absolute atomic E-state index is 13.1. The summed E-state index contributed by atoms with van der Waals surface area (Å²) in [7, 11) is -3.67. The fraction of sp³-hybridized carbons (Fsp3) is 0.333. The number of hydrogen-bond donors (Lipinski definition) is 2. The topological polar surface area (TPSA) is 95.6 Å². The second-order valence-electron chi connectivity index (χ2n) is 6.75. The Bertz CT molecular complexity index is 1070. The van der Waals surface area contributed by atoms with Gasteiger partial charge in [-0.1, -0.05) is 31.5 Å². The van der Waals surface area contributed by atoms with E-state index in [4.69, 9.17) is 11.6 Å². The van der Waals surface area contributed by atoms with Gasteiger partial charge in [0.05, 0.1) is 15.5 Å². The monoisotopic (exact) mass is 469 g/mol. The molecule has 10 heteroatoms. The minimum absolute atomic E-state index is 0.0227. The molecule has 0 unspecified atom stereocenters. The van der Waals surface area contributed by atoms with E-state index < -0.39 is 27.7 Å². The summed E-state index contributed by atoms with van der Waals surface area (Å²) in [6.07, 6.45) is -0.0451. The highest BCUT2D eigenvalue weighted by Gasteiger charge is 2.24. The first-order valence-corrected chi connectivity index (χ1v) is 11.6. The maximum Gasteiger partial charge on any atom is 0.252 e. The van der Waals surface area contributed by atoms with Gasteiger partial charge in [0.15, 0.2) is 0 Å². The predicted octanol–water partition coefficient (Wildman–Crippen LogP) is 3.58. The molecule has 31 heavy (non-hydrogen) atoms. The van der Waals surface area contributed by atoms with Crippen LogP contribution in [-0.2, 0) is 14.8 Å². The number of aryl methyl sites for hydroxylation is 1.